The molecule has 0 spiro atoms. The zero-order chi connectivity index (χ0) is 14.3. The number of esters is 1. The van der Waals surface area contributed by atoms with Gasteiger partial charge in [-0.1, -0.05) is 31.2 Å². The van der Waals surface area contributed by atoms with E-state index in [0.29, 0.717) is 0 Å². The van der Waals surface area contributed by atoms with Crippen LogP contribution < -0.4 is 5.32 Å². The normalized spacial score (nSPS) is 18.0. The van der Waals surface area contributed by atoms with Crippen LogP contribution in [-0.4, -0.2) is 44.7 Å². The van der Waals surface area contributed by atoms with E-state index in [9.17, 15) is 4.79 Å². The molecule has 1 atom stereocenters. The van der Waals surface area contributed by atoms with Gasteiger partial charge in [-0.2, -0.15) is 0 Å². The summed E-state index contributed by atoms with van der Waals surface area (Å²) in [5.74, 6) is -0.146. The fourth-order valence-electron chi connectivity index (χ4n) is 2.05. The summed E-state index contributed by atoms with van der Waals surface area (Å²) in [5, 5.41) is 2.93. The van der Waals surface area contributed by atoms with Crippen molar-refractivity contribution in [2.24, 2.45) is 0 Å². The SMILES string of the molecule is CCNC.COC(=O)C1Cc2ccccc2CN1C. The molecule has 1 unspecified atom stereocenters. The Kier molecular flexibility index (Phi) is 6.53. The van der Waals surface area contributed by atoms with Crippen molar-refractivity contribution >= 4 is 5.97 Å². The number of carbonyl (C=O) groups is 1. The first-order valence-corrected chi connectivity index (χ1v) is 6.63. The highest BCUT2D eigenvalue weighted by atomic mass is 16.5. The molecular weight excluding hydrogens is 240 g/mol. The van der Waals surface area contributed by atoms with Crippen LogP contribution in [0.3, 0.4) is 0 Å². The van der Waals surface area contributed by atoms with Crippen molar-refractivity contribution in [3.8, 4) is 0 Å². The molecule has 0 aromatic heterocycles. The average Bonchev–Trinajstić information content (AvgIpc) is 2.46. The van der Waals surface area contributed by atoms with Crippen LogP contribution in [0.5, 0.6) is 0 Å². The van der Waals surface area contributed by atoms with E-state index in [-0.39, 0.29) is 12.0 Å². The van der Waals surface area contributed by atoms with Gasteiger partial charge >= 0.3 is 5.97 Å². The fourth-order valence-corrected chi connectivity index (χ4v) is 2.05. The Morgan fingerprint density at radius 2 is 2.00 bits per heavy atom. The molecule has 1 heterocycles. The molecule has 1 aliphatic rings. The smallest absolute Gasteiger partial charge is 0.323 e. The number of methoxy groups -OCH3 is 1. The van der Waals surface area contributed by atoms with Gasteiger partial charge in [0.2, 0.25) is 0 Å². The molecule has 1 N–H and O–H groups in total. The molecule has 0 fully saturated rings. The summed E-state index contributed by atoms with van der Waals surface area (Å²) in [6.45, 7) is 3.95. The molecule has 106 valence electrons. The second kappa shape index (κ2) is 7.92. The zero-order valence-electron chi connectivity index (χ0n) is 12.3. The summed E-state index contributed by atoms with van der Waals surface area (Å²) in [4.78, 5) is 13.6. The molecule has 0 amide bonds. The van der Waals surface area contributed by atoms with Gasteiger partial charge in [0.1, 0.15) is 6.04 Å². The summed E-state index contributed by atoms with van der Waals surface area (Å²) >= 11 is 0. The summed E-state index contributed by atoms with van der Waals surface area (Å²) in [5.41, 5.74) is 2.56. The van der Waals surface area contributed by atoms with Crippen LogP contribution >= 0.6 is 0 Å². The van der Waals surface area contributed by atoms with Crippen molar-refractivity contribution in [2.75, 3.05) is 27.7 Å². The Morgan fingerprint density at radius 1 is 1.42 bits per heavy atom. The van der Waals surface area contributed by atoms with E-state index in [1.54, 1.807) is 0 Å². The molecular formula is C15H24N2O2. The second-order valence-electron chi connectivity index (χ2n) is 4.63. The molecule has 0 radical (unpaired) electrons. The van der Waals surface area contributed by atoms with Crippen LogP contribution in [0, 0.1) is 0 Å². The minimum Gasteiger partial charge on any atom is -0.468 e. The van der Waals surface area contributed by atoms with Crippen molar-refractivity contribution in [3.63, 3.8) is 0 Å². The quantitative estimate of drug-likeness (QED) is 0.821. The standard InChI is InChI=1S/C12H15NO2.C3H9N/c1-13-8-10-6-4-3-5-9(10)7-11(13)12(14)15-2;1-3-4-2/h3-6,11H,7-8H2,1-2H3;4H,3H2,1-2H3. The molecule has 4 heteroatoms. The van der Waals surface area contributed by atoms with E-state index in [1.165, 1.54) is 18.2 Å². The lowest BCUT2D eigenvalue weighted by atomic mass is 9.94. The number of likely N-dealkylation sites (N-methyl/N-ethyl adjacent to an activating group) is 1. The molecule has 2 rings (SSSR count). The summed E-state index contributed by atoms with van der Waals surface area (Å²) in [6, 6.07) is 8.10. The summed E-state index contributed by atoms with van der Waals surface area (Å²) in [6.07, 6.45) is 0.749. The summed E-state index contributed by atoms with van der Waals surface area (Å²) in [7, 11) is 5.33. The number of fused-ring (bicyclic) bond motifs is 1. The highest BCUT2D eigenvalue weighted by Gasteiger charge is 2.29. The van der Waals surface area contributed by atoms with E-state index < -0.39 is 0 Å². The van der Waals surface area contributed by atoms with E-state index in [1.807, 2.05) is 31.1 Å². The van der Waals surface area contributed by atoms with Gasteiger partial charge in [0.05, 0.1) is 7.11 Å². The van der Waals surface area contributed by atoms with Crippen molar-refractivity contribution in [3.05, 3.63) is 35.4 Å². The van der Waals surface area contributed by atoms with Crippen LogP contribution in [0.15, 0.2) is 24.3 Å². The second-order valence-corrected chi connectivity index (χ2v) is 4.63. The summed E-state index contributed by atoms with van der Waals surface area (Å²) < 4.78 is 4.79. The first-order valence-electron chi connectivity index (χ1n) is 6.63. The maximum Gasteiger partial charge on any atom is 0.323 e. The first-order chi connectivity index (χ1) is 9.13. The number of rotatable bonds is 2. The zero-order valence-corrected chi connectivity index (χ0v) is 12.3. The van der Waals surface area contributed by atoms with E-state index in [2.05, 4.69) is 24.4 Å². The van der Waals surface area contributed by atoms with Crippen LogP contribution in [0.2, 0.25) is 0 Å². The molecule has 0 bridgehead atoms. The van der Waals surface area contributed by atoms with Crippen molar-refractivity contribution in [1.29, 1.82) is 0 Å². The van der Waals surface area contributed by atoms with Crippen LogP contribution in [0.1, 0.15) is 18.1 Å². The Balaban J connectivity index is 0.000000399. The number of hydrogen-bond donors (Lipinski definition) is 1. The minimum atomic E-state index is -0.146. The monoisotopic (exact) mass is 264 g/mol. The van der Waals surface area contributed by atoms with E-state index in [0.717, 1.165) is 19.5 Å². The molecule has 1 aromatic rings. The molecule has 0 saturated carbocycles. The van der Waals surface area contributed by atoms with Gasteiger partial charge in [-0.05, 0) is 38.2 Å². The average molecular weight is 264 g/mol. The van der Waals surface area contributed by atoms with Crippen LogP contribution in [0.25, 0.3) is 0 Å². The Labute approximate surface area is 115 Å². The molecule has 1 aromatic carbocycles. The van der Waals surface area contributed by atoms with Gasteiger partial charge in [0.25, 0.3) is 0 Å². The van der Waals surface area contributed by atoms with Gasteiger partial charge in [0.15, 0.2) is 0 Å². The van der Waals surface area contributed by atoms with Crippen LogP contribution in [-0.2, 0) is 22.5 Å². The van der Waals surface area contributed by atoms with Crippen LogP contribution in [0.4, 0.5) is 0 Å². The van der Waals surface area contributed by atoms with Crippen molar-refractivity contribution in [2.45, 2.75) is 25.9 Å². The maximum absolute atomic E-state index is 11.5. The Hall–Kier alpha value is -1.39. The Bertz CT molecular complexity index is 405. The van der Waals surface area contributed by atoms with Gasteiger partial charge in [-0.3, -0.25) is 9.69 Å². The topological polar surface area (TPSA) is 41.6 Å². The third-order valence-corrected chi connectivity index (χ3v) is 3.31. The number of nitrogens with one attached hydrogen (secondary N) is 1. The third kappa shape index (κ3) is 4.33. The molecule has 19 heavy (non-hydrogen) atoms. The maximum atomic E-state index is 11.5. The predicted molar refractivity (Wildman–Crippen MR) is 77.0 cm³/mol. The predicted octanol–water partition coefficient (Wildman–Crippen LogP) is 1.44. The highest BCUT2D eigenvalue weighted by Crippen LogP contribution is 2.22. The molecule has 0 saturated heterocycles. The van der Waals surface area contributed by atoms with Gasteiger partial charge in [-0.25, -0.2) is 0 Å². The number of carbonyl (C=O) groups excluding carboxylic acids is 1. The van der Waals surface area contributed by atoms with Crippen molar-refractivity contribution in [1.82, 2.24) is 10.2 Å². The fraction of sp³-hybridized carbons (Fsp3) is 0.533. The minimum absolute atomic E-state index is 0.134. The number of nitrogens with zero attached hydrogens (tertiary/aromatic N) is 1. The number of benzene rings is 1. The number of hydrogen-bond acceptors (Lipinski definition) is 4. The third-order valence-electron chi connectivity index (χ3n) is 3.31. The van der Waals surface area contributed by atoms with E-state index >= 15 is 0 Å². The Morgan fingerprint density at radius 3 is 2.53 bits per heavy atom. The van der Waals surface area contributed by atoms with Gasteiger partial charge in [-0.15, -0.1) is 0 Å². The first kappa shape index (κ1) is 15.7. The van der Waals surface area contributed by atoms with Gasteiger partial charge < -0.3 is 10.1 Å². The lowest BCUT2D eigenvalue weighted by Crippen LogP contribution is -2.43. The lowest BCUT2D eigenvalue weighted by molar-refractivity contribution is -0.147. The molecule has 1 aliphatic heterocycles. The largest absolute Gasteiger partial charge is 0.468 e. The highest BCUT2D eigenvalue weighted by molar-refractivity contribution is 5.76. The van der Waals surface area contributed by atoms with Crippen molar-refractivity contribution < 1.29 is 9.53 Å². The molecule has 4 nitrogen and oxygen atoms in total. The van der Waals surface area contributed by atoms with E-state index in [4.69, 9.17) is 4.74 Å². The van der Waals surface area contributed by atoms with Gasteiger partial charge in [0, 0.05) is 6.54 Å². The molecule has 0 aliphatic carbocycles. The number of ether oxygens (including phenoxy) is 1. The lowest BCUT2D eigenvalue weighted by Gasteiger charge is -2.31.